The van der Waals surface area contributed by atoms with Crippen molar-refractivity contribution < 1.29 is 17.6 Å². The maximum absolute atomic E-state index is 12.4. The van der Waals surface area contributed by atoms with E-state index in [1.165, 1.54) is 6.08 Å². The van der Waals surface area contributed by atoms with E-state index in [0.29, 0.717) is 16.3 Å². The minimum atomic E-state index is -3.64. The summed E-state index contributed by atoms with van der Waals surface area (Å²) in [5, 5.41) is 11.9. The number of nitrogens with one attached hydrogen (secondary N) is 1. The molecule has 1 amide bonds. The van der Waals surface area contributed by atoms with E-state index in [4.69, 9.17) is 16.0 Å². The molecule has 0 aliphatic heterocycles. The summed E-state index contributed by atoms with van der Waals surface area (Å²) in [5.41, 5.74) is 0.428. The summed E-state index contributed by atoms with van der Waals surface area (Å²) >= 11 is 6.88. The van der Waals surface area contributed by atoms with E-state index in [1.807, 2.05) is 6.07 Å². The molecule has 3 rings (SSSR count). The Hall–Kier alpha value is -3.00. The SMILES string of the molecule is CC(C)CS(=O)(=O)c1nsc(NC(=O)C(C#N)=Cc2ccc(-c3ccccc3Cl)o2)n1. The number of aromatic nitrogens is 2. The van der Waals surface area contributed by atoms with Crippen LogP contribution >= 0.6 is 23.1 Å². The summed E-state index contributed by atoms with van der Waals surface area (Å²) in [6.07, 6.45) is 1.27. The first-order valence-corrected chi connectivity index (χ1v) is 11.8. The maximum Gasteiger partial charge on any atom is 0.268 e. The van der Waals surface area contributed by atoms with E-state index in [1.54, 1.807) is 50.2 Å². The number of halogens is 1. The van der Waals surface area contributed by atoms with Gasteiger partial charge in [-0.15, -0.1) is 0 Å². The van der Waals surface area contributed by atoms with Gasteiger partial charge in [0.2, 0.25) is 15.0 Å². The summed E-state index contributed by atoms with van der Waals surface area (Å²) in [6, 6.07) is 12.2. The second-order valence-corrected chi connectivity index (χ2v) is 9.95. The minimum absolute atomic E-state index is 0.0234. The molecule has 0 atom stereocenters. The van der Waals surface area contributed by atoms with Crippen LogP contribution in [0.15, 0.2) is 51.5 Å². The zero-order valence-electron chi connectivity index (χ0n) is 16.5. The third-order valence-corrected chi connectivity index (χ3v) is 6.80. The highest BCUT2D eigenvalue weighted by atomic mass is 35.5. The van der Waals surface area contributed by atoms with Crippen LogP contribution in [0.3, 0.4) is 0 Å². The molecule has 1 aromatic carbocycles. The number of carbonyl (C=O) groups excluding carboxylic acids is 1. The van der Waals surface area contributed by atoms with Crippen molar-refractivity contribution in [2.24, 2.45) is 5.92 Å². The Morgan fingerprint density at radius 2 is 2.06 bits per heavy atom. The molecule has 0 unspecified atom stereocenters. The summed E-state index contributed by atoms with van der Waals surface area (Å²) in [6.45, 7) is 3.53. The third-order valence-electron chi connectivity index (χ3n) is 3.88. The second-order valence-electron chi connectivity index (χ2n) is 6.86. The Balaban J connectivity index is 1.77. The van der Waals surface area contributed by atoms with Crippen LogP contribution in [0.25, 0.3) is 17.4 Å². The maximum atomic E-state index is 12.4. The van der Waals surface area contributed by atoms with Gasteiger partial charge in [0.05, 0.1) is 10.8 Å². The molecule has 0 aliphatic carbocycles. The fourth-order valence-electron chi connectivity index (χ4n) is 2.59. The van der Waals surface area contributed by atoms with Crippen molar-refractivity contribution in [2.75, 3.05) is 11.1 Å². The Kier molecular flexibility index (Phi) is 6.90. The highest BCUT2D eigenvalue weighted by molar-refractivity contribution is 7.91. The predicted molar refractivity (Wildman–Crippen MR) is 118 cm³/mol. The molecule has 31 heavy (non-hydrogen) atoms. The number of hydrogen-bond acceptors (Lipinski definition) is 8. The van der Waals surface area contributed by atoms with Crippen LogP contribution in [0.1, 0.15) is 19.6 Å². The first-order valence-electron chi connectivity index (χ1n) is 9.04. The van der Waals surface area contributed by atoms with Crippen molar-refractivity contribution in [2.45, 2.75) is 19.0 Å². The number of carbonyl (C=O) groups is 1. The minimum Gasteiger partial charge on any atom is -0.457 e. The lowest BCUT2D eigenvalue weighted by Gasteiger charge is -2.02. The van der Waals surface area contributed by atoms with Gasteiger partial charge in [0.1, 0.15) is 23.2 Å². The summed E-state index contributed by atoms with van der Waals surface area (Å²) in [4.78, 5) is 16.3. The van der Waals surface area contributed by atoms with Crippen molar-refractivity contribution in [3.63, 3.8) is 0 Å². The Bertz CT molecular complexity index is 1290. The molecular weight excluding hydrogens is 460 g/mol. The summed E-state index contributed by atoms with van der Waals surface area (Å²) < 4.78 is 33.9. The lowest BCUT2D eigenvalue weighted by molar-refractivity contribution is -0.112. The molecule has 3 aromatic rings. The van der Waals surface area contributed by atoms with Gasteiger partial charge in [0.25, 0.3) is 11.1 Å². The van der Waals surface area contributed by atoms with Gasteiger partial charge in [0, 0.05) is 23.2 Å². The van der Waals surface area contributed by atoms with E-state index < -0.39 is 15.7 Å². The molecule has 0 saturated heterocycles. The largest absolute Gasteiger partial charge is 0.457 e. The average Bonchev–Trinajstić information content (AvgIpc) is 3.35. The normalized spacial score (nSPS) is 12.0. The van der Waals surface area contributed by atoms with Crippen molar-refractivity contribution in [3.05, 3.63) is 52.8 Å². The number of benzene rings is 1. The number of hydrogen-bond donors (Lipinski definition) is 1. The number of nitrogens with zero attached hydrogens (tertiary/aromatic N) is 3. The van der Waals surface area contributed by atoms with E-state index in [2.05, 4.69) is 14.7 Å². The van der Waals surface area contributed by atoms with Gasteiger partial charge in [-0.1, -0.05) is 37.6 Å². The number of nitriles is 1. The van der Waals surface area contributed by atoms with Gasteiger partial charge in [-0.05, 0) is 30.2 Å². The van der Waals surface area contributed by atoms with Crippen LogP contribution in [0.2, 0.25) is 5.02 Å². The Morgan fingerprint density at radius 1 is 1.32 bits per heavy atom. The van der Waals surface area contributed by atoms with E-state index in [-0.39, 0.29) is 33.3 Å². The average molecular weight is 477 g/mol. The van der Waals surface area contributed by atoms with Gasteiger partial charge in [-0.3, -0.25) is 10.1 Å². The first kappa shape index (κ1) is 22.7. The molecule has 0 bridgehead atoms. The highest BCUT2D eigenvalue weighted by Gasteiger charge is 2.23. The zero-order chi connectivity index (χ0) is 22.6. The van der Waals surface area contributed by atoms with Crippen molar-refractivity contribution in [1.29, 1.82) is 5.26 Å². The van der Waals surface area contributed by atoms with Gasteiger partial charge < -0.3 is 4.42 Å². The summed E-state index contributed by atoms with van der Waals surface area (Å²) in [7, 11) is -3.64. The standard InChI is InChI=1S/C20H17ClN4O4S2/c1-12(2)11-31(27,28)20-24-19(30-25-20)23-18(26)13(10-22)9-14-7-8-17(29-14)15-5-3-4-6-16(15)21/h3-9,12H,11H2,1-2H3,(H,23,24,25,26). The second kappa shape index (κ2) is 9.43. The molecule has 11 heteroatoms. The number of amides is 1. The quantitative estimate of drug-likeness (QED) is 0.394. The van der Waals surface area contributed by atoms with Crippen LogP contribution in [-0.2, 0) is 14.6 Å². The molecule has 0 saturated carbocycles. The molecule has 0 fully saturated rings. The molecule has 1 N–H and O–H groups in total. The van der Waals surface area contributed by atoms with Gasteiger partial charge in [-0.2, -0.15) is 14.6 Å². The molecule has 0 radical (unpaired) electrons. The van der Waals surface area contributed by atoms with Crippen LogP contribution < -0.4 is 5.32 Å². The van der Waals surface area contributed by atoms with Crippen molar-refractivity contribution in [3.8, 4) is 17.4 Å². The molecular formula is C20H17ClN4O4S2. The van der Waals surface area contributed by atoms with Gasteiger partial charge in [-0.25, -0.2) is 8.42 Å². The molecule has 0 aliphatic rings. The van der Waals surface area contributed by atoms with Gasteiger partial charge >= 0.3 is 0 Å². The fourth-order valence-corrected chi connectivity index (χ4v) is 5.17. The molecule has 2 heterocycles. The molecule has 8 nitrogen and oxygen atoms in total. The molecule has 0 spiro atoms. The van der Waals surface area contributed by atoms with E-state index in [9.17, 15) is 18.5 Å². The molecule has 2 aromatic heterocycles. The smallest absolute Gasteiger partial charge is 0.268 e. The number of sulfone groups is 1. The predicted octanol–water partition coefficient (Wildman–Crippen LogP) is 4.43. The van der Waals surface area contributed by atoms with Crippen LogP contribution in [0.5, 0.6) is 0 Å². The topological polar surface area (TPSA) is 126 Å². The lowest BCUT2D eigenvalue weighted by Crippen LogP contribution is -2.15. The molecule has 160 valence electrons. The van der Waals surface area contributed by atoms with Crippen molar-refractivity contribution in [1.82, 2.24) is 9.36 Å². The van der Waals surface area contributed by atoms with Gasteiger partial charge in [0.15, 0.2) is 0 Å². The van der Waals surface area contributed by atoms with E-state index in [0.717, 1.165) is 11.5 Å². The number of furan rings is 1. The summed E-state index contributed by atoms with van der Waals surface area (Å²) in [5.74, 6) is -0.198. The Morgan fingerprint density at radius 3 is 2.74 bits per heavy atom. The van der Waals surface area contributed by atoms with Crippen molar-refractivity contribution >= 4 is 50.1 Å². The van der Waals surface area contributed by atoms with Crippen LogP contribution in [0, 0.1) is 17.2 Å². The fraction of sp³-hybridized carbons (Fsp3) is 0.200. The zero-order valence-corrected chi connectivity index (χ0v) is 18.9. The van der Waals surface area contributed by atoms with Crippen LogP contribution in [0.4, 0.5) is 5.13 Å². The highest BCUT2D eigenvalue weighted by Crippen LogP contribution is 2.29. The van der Waals surface area contributed by atoms with Crippen LogP contribution in [-0.4, -0.2) is 29.4 Å². The number of anilines is 1. The first-order chi connectivity index (χ1) is 14.7. The number of rotatable bonds is 7. The third kappa shape index (κ3) is 5.58. The lowest BCUT2D eigenvalue weighted by atomic mass is 10.2. The Labute approximate surface area is 188 Å². The monoisotopic (exact) mass is 476 g/mol. The van der Waals surface area contributed by atoms with E-state index >= 15 is 0 Å².